The smallest absolute Gasteiger partial charge is 0.0804 e. The van der Waals surface area contributed by atoms with Gasteiger partial charge in [0.2, 0.25) is 0 Å². The van der Waals surface area contributed by atoms with E-state index < -0.39 is 0 Å². The summed E-state index contributed by atoms with van der Waals surface area (Å²) in [6, 6.07) is 4.10. The third kappa shape index (κ3) is 4.52. The second kappa shape index (κ2) is 6.89. The number of hydrogen-bond donors (Lipinski definition) is 1. The zero-order valence-corrected chi connectivity index (χ0v) is 13.8. The maximum Gasteiger partial charge on any atom is 0.0804 e. The van der Waals surface area contributed by atoms with Crippen LogP contribution in [0.25, 0.3) is 0 Å². The van der Waals surface area contributed by atoms with E-state index in [4.69, 9.17) is 10.5 Å². The van der Waals surface area contributed by atoms with Gasteiger partial charge in [0.05, 0.1) is 12.2 Å². The molecule has 1 aromatic heterocycles. The summed E-state index contributed by atoms with van der Waals surface area (Å²) in [4.78, 5) is 4.04. The van der Waals surface area contributed by atoms with Crippen LogP contribution in [0.4, 0.5) is 0 Å². The highest BCUT2D eigenvalue weighted by Crippen LogP contribution is 2.42. The van der Waals surface area contributed by atoms with E-state index in [1.165, 1.54) is 18.4 Å². The molecule has 1 saturated carbocycles. The van der Waals surface area contributed by atoms with Crippen LogP contribution < -0.4 is 5.73 Å². The molecule has 0 spiro atoms. The molecule has 0 aromatic carbocycles. The van der Waals surface area contributed by atoms with Crippen LogP contribution >= 0.6 is 0 Å². The Labute approximate surface area is 129 Å². The van der Waals surface area contributed by atoms with E-state index in [0.29, 0.717) is 12.0 Å². The molecule has 3 nitrogen and oxygen atoms in total. The SMILES string of the molecule is CC(C)(C)C1CCC(CN)(OCCc2ccncc2)CC1. The van der Waals surface area contributed by atoms with Gasteiger partial charge in [0, 0.05) is 18.9 Å². The van der Waals surface area contributed by atoms with E-state index in [9.17, 15) is 0 Å². The second-order valence-corrected chi connectivity index (χ2v) is 7.48. The number of rotatable bonds is 5. The molecule has 3 heteroatoms. The minimum atomic E-state index is -0.0885. The largest absolute Gasteiger partial charge is 0.373 e. The Morgan fingerprint density at radius 3 is 2.38 bits per heavy atom. The van der Waals surface area contributed by atoms with E-state index in [-0.39, 0.29) is 5.60 Å². The number of pyridine rings is 1. The van der Waals surface area contributed by atoms with E-state index in [1.54, 1.807) is 0 Å². The van der Waals surface area contributed by atoms with Gasteiger partial charge in [-0.2, -0.15) is 0 Å². The highest BCUT2D eigenvalue weighted by molar-refractivity contribution is 5.09. The second-order valence-electron chi connectivity index (χ2n) is 7.48. The third-order valence-corrected chi connectivity index (χ3v) is 5.04. The summed E-state index contributed by atoms with van der Waals surface area (Å²) in [5.41, 5.74) is 7.63. The molecule has 0 amide bonds. The molecule has 2 rings (SSSR count). The molecule has 0 aliphatic heterocycles. The van der Waals surface area contributed by atoms with Crippen molar-refractivity contribution in [1.29, 1.82) is 0 Å². The average molecular weight is 290 g/mol. The average Bonchev–Trinajstić information content (AvgIpc) is 2.48. The number of hydrogen-bond acceptors (Lipinski definition) is 3. The fraction of sp³-hybridized carbons (Fsp3) is 0.722. The van der Waals surface area contributed by atoms with Gasteiger partial charge in [-0.1, -0.05) is 20.8 Å². The molecule has 1 aliphatic carbocycles. The Morgan fingerprint density at radius 1 is 1.24 bits per heavy atom. The molecule has 0 radical (unpaired) electrons. The van der Waals surface area contributed by atoms with Gasteiger partial charge in [0.25, 0.3) is 0 Å². The Kier molecular flexibility index (Phi) is 5.39. The van der Waals surface area contributed by atoms with Crippen LogP contribution in [0.3, 0.4) is 0 Å². The fourth-order valence-corrected chi connectivity index (χ4v) is 3.35. The van der Waals surface area contributed by atoms with E-state index >= 15 is 0 Å². The highest BCUT2D eigenvalue weighted by atomic mass is 16.5. The van der Waals surface area contributed by atoms with Gasteiger partial charge in [-0.15, -0.1) is 0 Å². The van der Waals surface area contributed by atoms with Crippen molar-refractivity contribution in [3.8, 4) is 0 Å². The molecule has 0 atom stereocenters. The summed E-state index contributed by atoms with van der Waals surface area (Å²) >= 11 is 0. The van der Waals surface area contributed by atoms with Crippen molar-refractivity contribution in [3.63, 3.8) is 0 Å². The molecule has 0 saturated heterocycles. The van der Waals surface area contributed by atoms with Gasteiger partial charge in [-0.05, 0) is 61.1 Å². The van der Waals surface area contributed by atoms with Crippen molar-refractivity contribution in [2.45, 2.75) is 58.5 Å². The fourth-order valence-electron chi connectivity index (χ4n) is 3.35. The molecule has 118 valence electrons. The van der Waals surface area contributed by atoms with Crippen LogP contribution in [0, 0.1) is 11.3 Å². The van der Waals surface area contributed by atoms with E-state index in [1.807, 2.05) is 12.4 Å². The Balaban J connectivity index is 1.83. The van der Waals surface area contributed by atoms with Gasteiger partial charge in [0.1, 0.15) is 0 Å². The summed E-state index contributed by atoms with van der Waals surface area (Å²) in [6.07, 6.45) is 9.27. The summed E-state index contributed by atoms with van der Waals surface area (Å²) in [5, 5.41) is 0. The standard InChI is InChI=1S/C18H30N2O/c1-17(2,3)16-4-9-18(14-19,10-5-16)21-13-8-15-6-11-20-12-7-15/h6-7,11-12,16H,4-5,8-10,13-14,19H2,1-3H3. The lowest BCUT2D eigenvalue weighted by atomic mass is 9.68. The van der Waals surface area contributed by atoms with Crippen molar-refractivity contribution in [3.05, 3.63) is 30.1 Å². The summed E-state index contributed by atoms with van der Waals surface area (Å²) in [7, 11) is 0. The van der Waals surface area contributed by atoms with E-state index in [0.717, 1.165) is 31.8 Å². The topological polar surface area (TPSA) is 48.1 Å². The number of nitrogens with two attached hydrogens (primary N) is 1. The molecular weight excluding hydrogens is 260 g/mol. The van der Waals surface area contributed by atoms with Crippen molar-refractivity contribution in [2.75, 3.05) is 13.2 Å². The van der Waals surface area contributed by atoms with Crippen LogP contribution in [-0.4, -0.2) is 23.7 Å². The van der Waals surface area contributed by atoms with Gasteiger partial charge >= 0.3 is 0 Å². The normalized spacial score (nSPS) is 26.8. The molecule has 1 heterocycles. The van der Waals surface area contributed by atoms with Crippen LogP contribution in [0.15, 0.2) is 24.5 Å². The molecule has 21 heavy (non-hydrogen) atoms. The predicted molar refractivity (Wildman–Crippen MR) is 87.1 cm³/mol. The Morgan fingerprint density at radius 2 is 1.86 bits per heavy atom. The van der Waals surface area contributed by atoms with Crippen LogP contribution in [0.5, 0.6) is 0 Å². The van der Waals surface area contributed by atoms with Gasteiger partial charge < -0.3 is 10.5 Å². The van der Waals surface area contributed by atoms with Crippen LogP contribution in [0.2, 0.25) is 0 Å². The lowest BCUT2D eigenvalue weighted by Crippen LogP contribution is -2.45. The first-order valence-electron chi connectivity index (χ1n) is 8.18. The van der Waals surface area contributed by atoms with E-state index in [2.05, 4.69) is 37.9 Å². The van der Waals surface area contributed by atoms with Gasteiger partial charge in [0.15, 0.2) is 0 Å². The van der Waals surface area contributed by atoms with Crippen LogP contribution in [-0.2, 0) is 11.2 Å². The molecule has 1 aliphatic rings. The third-order valence-electron chi connectivity index (χ3n) is 5.04. The first kappa shape index (κ1) is 16.4. The van der Waals surface area contributed by atoms with Crippen LogP contribution in [0.1, 0.15) is 52.0 Å². The predicted octanol–water partition coefficient (Wildman–Crippen LogP) is 3.57. The first-order chi connectivity index (χ1) is 9.95. The summed E-state index contributed by atoms with van der Waals surface area (Å²) < 4.78 is 6.24. The highest BCUT2D eigenvalue weighted by Gasteiger charge is 2.38. The monoisotopic (exact) mass is 290 g/mol. The Bertz CT molecular complexity index is 417. The van der Waals surface area contributed by atoms with Gasteiger partial charge in [-0.25, -0.2) is 0 Å². The van der Waals surface area contributed by atoms with Crippen molar-refractivity contribution in [1.82, 2.24) is 4.98 Å². The van der Waals surface area contributed by atoms with Crippen molar-refractivity contribution in [2.24, 2.45) is 17.1 Å². The van der Waals surface area contributed by atoms with Gasteiger partial charge in [-0.3, -0.25) is 4.98 Å². The Hall–Kier alpha value is -0.930. The lowest BCUT2D eigenvalue weighted by Gasteiger charge is -2.43. The minimum Gasteiger partial charge on any atom is -0.373 e. The molecule has 1 fully saturated rings. The number of nitrogens with zero attached hydrogens (tertiary/aromatic N) is 1. The zero-order valence-electron chi connectivity index (χ0n) is 13.8. The number of aromatic nitrogens is 1. The summed E-state index contributed by atoms with van der Waals surface area (Å²) in [6.45, 7) is 8.42. The molecule has 0 unspecified atom stereocenters. The number of ether oxygens (including phenoxy) is 1. The summed E-state index contributed by atoms with van der Waals surface area (Å²) in [5.74, 6) is 0.793. The lowest BCUT2D eigenvalue weighted by molar-refractivity contribution is -0.0785. The molecule has 1 aromatic rings. The first-order valence-corrected chi connectivity index (χ1v) is 8.18. The molecular formula is C18H30N2O. The quantitative estimate of drug-likeness (QED) is 0.901. The molecule has 0 bridgehead atoms. The van der Waals surface area contributed by atoms with Crippen molar-refractivity contribution < 1.29 is 4.74 Å². The zero-order chi connectivity index (χ0) is 15.3. The maximum absolute atomic E-state index is 6.24. The maximum atomic E-state index is 6.24. The van der Waals surface area contributed by atoms with Crippen molar-refractivity contribution >= 4 is 0 Å². The molecule has 2 N–H and O–H groups in total. The minimum absolute atomic E-state index is 0.0885.